The lowest BCUT2D eigenvalue weighted by Crippen LogP contribution is -2.34. The van der Waals surface area contributed by atoms with E-state index in [1.54, 1.807) is 0 Å². The molecule has 4 N–H and O–H groups in total. The summed E-state index contributed by atoms with van der Waals surface area (Å²) in [7, 11) is -7.98. The second kappa shape index (κ2) is 5.74. The van der Waals surface area contributed by atoms with Gasteiger partial charge in [-0.2, -0.15) is 4.40 Å². The summed E-state index contributed by atoms with van der Waals surface area (Å²) in [5.41, 5.74) is 0.125. The third-order valence-electron chi connectivity index (χ3n) is 2.99. The molecule has 122 valence electrons. The SMILES string of the molecule is NS(=O)(=O)C1=C(Cl)CC2=NC(CCC(=O)O)=NS(=O)(O)=C2C1. The van der Waals surface area contributed by atoms with Crippen molar-refractivity contribution in [3.8, 4) is 0 Å². The summed E-state index contributed by atoms with van der Waals surface area (Å²) in [5, 5.41) is 13.6. The maximum Gasteiger partial charge on any atom is 0.303 e. The molecular weight excluding hydrogens is 358 g/mol. The van der Waals surface area contributed by atoms with E-state index in [-0.39, 0.29) is 45.6 Å². The van der Waals surface area contributed by atoms with E-state index in [9.17, 15) is 22.0 Å². The largest absolute Gasteiger partial charge is 0.481 e. The number of fused-ring (bicyclic) bond motifs is 1. The van der Waals surface area contributed by atoms with Crippen LogP contribution in [0.25, 0.3) is 0 Å². The van der Waals surface area contributed by atoms with Crippen LogP contribution in [0.2, 0.25) is 0 Å². The van der Waals surface area contributed by atoms with Crippen LogP contribution >= 0.6 is 11.6 Å². The molecule has 0 bridgehead atoms. The number of nitrogens with zero attached hydrogens (tertiary/aromatic N) is 2. The van der Waals surface area contributed by atoms with Crippen molar-refractivity contribution in [2.75, 3.05) is 0 Å². The van der Waals surface area contributed by atoms with Crippen molar-refractivity contribution in [3.05, 3.63) is 9.94 Å². The molecule has 0 aromatic rings. The minimum atomic E-state index is -4.10. The Morgan fingerprint density at radius 1 is 1.41 bits per heavy atom. The number of hydrogen-bond acceptors (Lipinski definition) is 5. The molecule has 1 heterocycles. The predicted octanol–water partition coefficient (Wildman–Crippen LogP) is 0.0818. The number of nitrogens with two attached hydrogens (primary N) is 1. The van der Waals surface area contributed by atoms with Gasteiger partial charge in [-0.05, 0) is 0 Å². The van der Waals surface area contributed by atoms with Gasteiger partial charge in [-0.1, -0.05) is 11.6 Å². The van der Waals surface area contributed by atoms with Gasteiger partial charge in [0.05, 0.1) is 21.9 Å². The summed E-state index contributed by atoms with van der Waals surface area (Å²) >= 11 is 5.87. The minimum Gasteiger partial charge on any atom is -0.481 e. The van der Waals surface area contributed by atoms with Crippen LogP contribution in [0.5, 0.6) is 0 Å². The molecule has 9 nitrogen and oxygen atoms in total. The molecule has 1 aliphatic heterocycles. The maximum atomic E-state index is 12.2. The first kappa shape index (κ1) is 17.1. The van der Waals surface area contributed by atoms with Crippen LogP contribution in [0.3, 0.4) is 0 Å². The van der Waals surface area contributed by atoms with Crippen molar-refractivity contribution >= 4 is 54.0 Å². The number of carbonyl (C=O) groups is 1. The number of allylic oxidation sites excluding steroid dienone is 2. The quantitative estimate of drug-likeness (QED) is 0.595. The van der Waals surface area contributed by atoms with E-state index >= 15 is 0 Å². The first-order valence-electron chi connectivity index (χ1n) is 5.92. The molecule has 1 unspecified atom stereocenters. The van der Waals surface area contributed by atoms with E-state index in [2.05, 4.69) is 9.39 Å². The van der Waals surface area contributed by atoms with Crippen LogP contribution < -0.4 is 5.14 Å². The first-order valence-corrected chi connectivity index (χ1v) is 9.31. The zero-order valence-electron chi connectivity index (χ0n) is 11.0. The number of carboxylic acid groups (broad SMARTS) is 1. The Balaban J connectivity index is 2.47. The Labute approximate surface area is 131 Å². The summed E-state index contributed by atoms with van der Waals surface area (Å²) in [4.78, 5) is 14.0. The molecule has 0 amide bonds. The molecule has 0 spiro atoms. The average Bonchev–Trinajstić information content (AvgIpc) is 2.33. The molecule has 2 rings (SSSR count). The Kier molecular flexibility index (Phi) is 4.46. The first-order chi connectivity index (χ1) is 10.0. The highest BCUT2D eigenvalue weighted by Gasteiger charge is 2.33. The van der Waals surface area contributed by atoms with Gasteiger partial charge < -0.3 is 5.11 Å². The number of amidine groups is 1. The van der Waals surface area contributed by atoms with E-state index in [0.29, 0.717) is 0 Å². The number of halogens is 1. The number of aliphatic imine (C=N–C) groups is 1. The molecule has 22 heavy (non-hydrogen) atoms. The number of sulfonamides is 1. The van der Waals surface area contributed by atoms with Gasteiger partial charge in [-0.15, -0.1) is 0 Å². The van der Waals surface area contributed by atoms with Gasteiger partial charge in [-0.3, -0.25) is 9.35 Å². The van der Waals surface area contributed by atoms with Gasteiger partial charge in [-0.25, -0.2) is 22.8 Å². The van der Waals surface area contributed by atoms with Crippen molar-refractivity contribution in [2.24, 2.45) is 14.5 Å². The zero-order chi connectivity index (χ0) is 16.7. The molecule has 0 radical (unpaired) electrons. The van der Waals surface area contributed by atoms with E-state index < -0.39 is 32.4 Å². The number of aliphatic carboxylic acids is 1. The lowest BCUT2D eigenvalue weighted by atomic mass is 10.0. The summed E-state index contributed by atoms with van der Waals surface area (Å²) in [6.07, 6.45) is -1.03. The fourth-order valence-corrected chi connectivity index (χ4v) is 4.61. The number of hydrogen-bond donors (Lipinski definition) is 3. The molecule has 1 aliphatic carbocycles. The van der Waals surface area contributed by atoms with Crippen molar-refractivity contribution in [1.29, 1.82) is 0 Å². The number of rotatable bonds is 4. The summed E-state index contributed by atoms with van der Waals surface area (Å²) in [6, 6.07) is 0. The Morgan fingerprint density at radius 2 is 2.05 bits per heavy atom. The molecule has 0 saturated heterocycles. The molecule has 1 atom stereocenters. The second-order valence-electron chi connectivity index (χ2n) is 4.61. The summed E-state index contributed by atoms with van der Waals surface area (Å²) in [6.45, 7) is 0. The van der Waals surface area contributed by atoms with Crippen LogP contribution in [0.1, 0.15) is 25.7 Å². The summed E-state index contributed by atoms with van der Waals surface area (Å²) < 4.78 is 48.5. The van der Waals surface area contributed by atoms with Gasteiger partial charge in [0.15, 0.2) is 9.99 Å². The molecule has 0 aromatic carbocycles. The third-order valence-corrected chi connectivity index (χ3v) is 6.02. The Bertz CT molecular complexity index is 861. The van der Waals surface area contributed by atoms with Crippen molar-refractivity contribution in [1.82, 2.24) is 0 Å². The fourth-order valence-electron chi connectivity index (χ4n) is 1.99. The second-order valence-corrected chi connectivity index (χ2v) is 8.31. The van der Waals surface area contributed by atoms with E-state index in [1.807, 2.05) is 0 Å². The highest BCUT2D eigenvalue weighted by atomic mass is 35.5. The monoisotopic (exact) mass is 369 g/mol. The Hall–Kier alpha value is -1.27. The number of carboxylic acids is 1. The molecule has 12 heteroatoms. The van der Waals surface area contributed by atoms with Gasteiger partial charge in [0, 0.05) is 24.3 Å². The lowest BCUT2D eigenvalue weighted by Gasteiger charge is -2.23. The molecule has 2 aliphatic rings. The van der Waals surface area contributed by atoms with Crippen LogP contribution in [0.15, 0.2) is 19.3 Å². The van der Waals surface area contributed by atoms with Crippen molar-refractivity contribution in [2.45, 2.75) is 25.7 Å². The Morgan fingerprint density at radius 3 is 2.59 bits per heavy atom. The van der Waals surface area contributed by atoms with Gasteiger partial charge in [0.1, 0.15) is 5.84 Å². The van der Waals surface area contributed by atoms with Gasteiger partial charge in [0.2, 0.25) is 10.0 Å². The molecule has 0 fully saturated rings. The molecule has 0 saturated carbocycles. The van der Waals surface area contributed by atoms with E-state index in [1.165, 1.54) is 0 Å². The van der Waals surface area contributed by atoms with Crippen LogP contribution in [-0.4, -0.2) is 44.7 Å². The molecule has 0 aromatic heterocycles. The highest BCUT2D eigenvalue weighted by molar-refractivity contribution is 7.98. The number of primary sulfonamides is 1. The lowest BCUT2D eigenvalue weighted by molar-refractivity contribution is -0.136. The van der Waals surface area contributed by atoms with Crippen LogP contribution in [0.4, 0.5) is 0 Å². The van der Waals surface area contributed by atoms with Gasteiger partial charge in [0.25, 0.3) is 0 Å². The highest BCUT2D eigenvalue weighted by Crippen LogP contribution is 2.30. The summed E-state index contributed by atoms with van der Waals surface area (Å²) in [5.74, 6) is -1.18. The maximum absolute atomic E-state index is 12.2. The van der Waals surface area contributed by atoms with E-state index in [4.69, 9.17) is 21.8 Å². The third kappa shape index (κ3) is 3.55. The standard InChI is InChI=1S/C10H12ClN3O6S2/c11-5-3-6-8(4-7(5)21(12,17)18)22(19,20)14-9(13-6)1-2-10(15)16/h1-4H2,(H,15,16)(H2,12,17,18)(H,13,14,19,20). The van der Waals surface area contributed by atoms with Crippen molar-refractivity contribution in [3.63, 3.8) is 0 Å². The topological polar surface area (TPSA) is 159 Å². The van der Waals surface area contributed by atoms with Crippen LogP contribution in [0, 0.1) is 0 Å². The van der Waals surface area contributed by atoms with E-state index in [0.717, 1.165) is 0 Å². The van der Waals surface area contributed by atoms with Gasteiger partial charge >= 0.3 is 5.97 Å². The van der Waals surface area contributed by atoms with Crippen LogP contribution in [-0.2, 0) is 24.8 Å². The normalized spacial score (nSPS) is 25.5. The smallest absolute Gasteiger partial charge is 0.303 e. The average molecular weight is 370 g/mol. The zero-order valence-corrected chi connectivity index (χ0v) is 13.4. The minimum absolute atomic E-state index is 0.0836. The fraction of sp³-hybridized carbons (Fsp3) is 0.400. The molecular formula is C10H12ClN3O6S2. The van der Waals surface area contributed by atoms with Crippen molar-refractivity contribution < 1.29 is 27.1 Å². The predicted molar refractivity (Wildman–Crippen MR) is 82.7 cm³/mol.